The molecule has 0 aliphatic heterocycles. The molecule has 0 radical (unpaired) electrons. The van der Waals surface area contributed by atoms with Crippen molar-refractivity contribution in [1.29, 1.82) is 0 Å². The molecule has 0 bridgehead atoms. The van der Waals surface area contributed by atoms with Crippen LogP contribution in [0.5, 0.6) is 5.88 Å². The zero-order valence-electron chi connectivity index (χ0n) is 9.01. The summed E-state index contributed by atoms with van der Waals surface area (Å²) in [4.78, 5) is 18.9. The van der Waals surface area contributed by atoms with E-state index in [4.69, 9.17) is 9.47 Å². The van der Waals surface area contributed by atoms with Crippen LogP contribution < -0.4 is 4.74 Å². The van der Waals surface area contributed by atoms with Crippen LogP contribution in [0.25, 0.3) is 11.0 Å². The van der Waals surface area contributed by atoms with Crippen molar-refractivity contribution in [3.05, 3.63) is 18.1 Å². The van der Waals surface area contributed by atoms with Crippen LogP contribution in [0.4, 0.5) is 0 Å². The highest BCUT2D eigenvalue weighted by atomic mass is 16.5. The standard InChI is InChI=1S/C10H11N3O3/c1-15-6-13-3-7(4-14)8-9(13)10(16-2)12-5-11-8/h3-5H,6H2,1-2H3. The topological polar surface area (TPSA) is 66.2 Å². The minimum atomic E-state index is 0.314. The van der Waals surface area contributed by atoms with Gasteiger partial charge in [0.1, 0.15) is 24.1 Å². The van der Waals surface area contributed by atoms with Crippen LogP contribution in [0.2, 0.25) is 0 Å². The Hall–Kier alpha value is -1.95. The molecule has 0 fully saturated rings. The second-order valence-corrected chi connectivity index (χ2v) is 3.17. The number of hydrogen-bond donors (Lipinski definition) is 0. The lowest BCUT2D eigenvalue weighted by Gasteiger charge is -2.05. The maximum Gasteiger partial charge on any atom is 0.241 e. The zero-order chi connectivity index (χ0) is 11.5. The van der Waals surface area contributed by atoms with Crippen LogP contribution in [0.1, 0.15) is 10.4 Å². The van der Waals surface area contributed by atoms with Gasteiger partial charge in [-0.3, -0.25) is 4.79 Å². The van der Waals surface area contributed by atoms with Crippen LogP contribution >= 0.6 is 0 Å². The van der Waals surface area contributed by atoms with Gasteiger partial charge in [-0.15, -0.1) is 0 Å². The van der Waals surface area contributed by atoms with Crippen LogP contribution in [0.15, 0.2) is 12.5 Å². The van der Waals surface area contributed by atoms with Crippen molar-refractivity contribution < 1.29 is 14.3 Å². The molecule has 84 valence electrons. The van der Waals surface area contributed by atoms with Crippen molar-refractivity contribution in [1.82, 2.24) is 14.5 Å². The van der Waals surface area contributed by atoms with E-state index < -0.39 is 0 Å². The summed E-state index contributed by atoms with van der Waals surface area (Å²) in [5, 5.41) is 0. The molecule has 2 rings (SSSR count). The molecule has 0 aliphatic rings. The van der Waals surface area contributed by atoms with Gasteiger partial charge in [-0.05, 0) is 0 Å². The maximum atomic E-state index is 10.9. The maximum absolute atomic E-state index is 10.9. The fourth-order valence-electron chi connectivity index (χ4n) is 1.60. The Morgan fingerprint density at radius 2 is 2.25 bits per heavy atom. The van der Waals surface area contributed by atoms with Gasteiger partial charge in [-0.25, -0.2) is 4.98 Å². The number of methoxy groups -OCH3 is 2. The van der Waals surface area contributed by atoms with Gasteiger partial charge in [0, 0.05) is 13.3 Å². The van der Waals surface area contributed by atoms with Crippen molar-refractivity contribution in [2.45, 2.75) is 6.73 Å². The van der Waals surface area contributed by atoms with E-state index in [1.807, 2.05) is 0 Å². The SMILES string of the molecule is COCn1cc(C=O)c2ncnc(OC)c21. The molecular weight excluding hydrogens is 210 g/mol. The monoisotopic (exact) mass is 221 g/mol. The first kappa shape index (κ1) is 10.6. The van der Waals surface area contributed by atoms with Gasteiger partial charge in [0.05, 0.1) is 12.7 Å². The molecule has 0 aromatic carbocycles. The third-order valence-electron chi connectivity index (χ3n) is 2.23. The molecule has 16 heavy (non-hydrogen) atoms. The van der Waals surface area contributed by atoms with E-state index in [1.54, 1.807) is 17.9 Å². The molecule has 0 spiro atoms. The van der Waals surface area contributed by atoms with Gasteiger partial charge in [0.2, 0.25) is 5.88 Å². The molecule has 2 aromatic rings. The van der Waals surface area contributed by atoms with Gasteiger partial charge in [0.15, 0.2) is 6.29 Å². The predicted molar refractivity (Wildman–Crippen MR) is 56.5 cm³/mol. The average Bonchev–Trinajstić information content (AvgIpc) is 2.68. The molecule has 0 amide bonds. The molecule has 0 atom stereocenters. The van der Waals surface area contributed by atoms with E-state index in [0.29, 0.717) is 29.2 Å². The number of nitrogens with zero attached hydrogens (tertiary/aromatic N) is 3. The first-order valence-corrected chi connectivity index (χ1v) is 4.63. The molecule has 0 aliphatic carbocycles. The van der Waals surface area contributed by atoms with Crippen molar-refractivity contribution in [2.24, 2.45) is 0 Å². The quantitative estimate of drug-likeness (QED) is 0.716. The molecule has 2 heterocycles. The second kappa shape index (κ2) is 4.28. The van der Waals surface area contributed by atoms with Crippen molar-refractivity contribution in [3.8, 4) is 5.88 Å². The average molecular weight is 221 g/mol. The highest BCUT2D eigenvalue weighted by molar-refractivity contribution is 5.96. The summed E-state index contributed by atoms with van der Waals surface area (Å²) in [6.07, 6.45) is 3.78. The third kappa shape index (κ3) is 1.53. The van der Waals surface area contributed by atoms with E-state index in [2.05, 4.69) is 9.97 Å². The lowest BCUT2D eigenvalue weighted by molar-refractivity contribution is 0.112. The number of rotatable bonds is 4. The van der Waals surface area contributed by atoms with Gasteiger partial charge in [0.25, 0.3) is 0 Å². The van der Waals surface area contributed by atoms with Crippen molar-refractivity contribution in [3.63, 3.8) is 0 Å². The first-order valence-electron chi connectivity index (χ1n) is 4.63. The normalized spacial score (nSPS) is 10.6. The van der Waals surface area contributed by atoms with Crippen molar-refractivity contribution in [2.75, 3.05) is 14.2 Å². The molecule has 0 N–H and O–H groups in total. The van der Waals surface area contributed by atoms with Crippen molar-refractivity contribution >= 4 is 17.3 Å². The lowest BCUT2D eigenvalue weighted by atomic mass is 10.3. The number of carbonyl (C=O) groups is 1. The summed E-state index contributed by atoms with van der Waals surface area (Å²) in [6, 6.07) is 0. The summed E-state index contributed by atoms with van der Waals surface area (Å²) in [5.74, 6) is 0.426. The number of aldehydes is 1. The number of carbonyl (C=O) groups excluding carboxylic acids is 1. The largest absolute Gasteiger partial charge is 0.479 e. The van der Waals surface area contributed by atoms with Crippen LogP contribution in [0, 0.1) is 0 Å². The number of hydrogen-bond acceptors (Lipinski definition) is 5. The third-order valence-corrected chi connectivity index (χ3v) is 2.23. The summed E-state index contributed by atoms with van der Waals surface area (Å²) in [6.45, 7) is 0.314. The molecule has 0 unspecified atom stereocenters. The number of fused-ring (bicyclic) bond motifs is 1. The molecule has 0 saturated heterocycles. The van der Waals surface area contributed by atoms with Gasteiger partial charge in [-0.1, -0.05) is 0 Å². The fraction of sp³-hybridized carbons (Fsp3) is 0.300. The Bertz CT molecular complexity index is 521. The minimum absolute atomic E-state index is 0.314. The summed E-state index contributed by atoms with van der Waals surface area (Å²) in [7, 11) is 3.09. The van der Waals surface area contributed by atoms with E-state index in [1.165, 1.54) is 13.4 Å². The Morgan fingerprint density at radius 3 is 2.88 bits per heavy atom. The van der Waals surface area contributed by atoms with E-state index >= 15 is 0 Å². The number of aromatic nitrogens is 3. The van der Waals surface area contributed by atoms with Crippen LogP contribution in [-0.4, -0.2) is 35.0 Å². The highest BCUT2D eigenvalue weighted by Crippen LogP contribution is 2.24. The summed E-state index contributed by atoms with van der Waals surface area (Å²) < 4.78 is 11.9. The Kier molecular flexibility index (Phi) is 2.82. The molecular formula is C10H11N3O3. The molecule has 6 nitrogen and oxygen atoms in total. The first-order chi connectivity index (χ1) is 7.81. The highest BCUT2D eigenvalue weighted by Gasteiger charge is 2.14. The zero-order valence-corrected chi connectivity index (χ0v) is 9.01. The molecule has 6 heteroatoms. The Balaban J connectivity index is 2.74. The van der Waals surface area contributed by atoms with E-state index in [0.717, 1.165) is 6.29 Å². The minimum Gasteiger partial charge on any atom is -0.479 e. The number of ether oxygens (including phenoxy) is 2. The smallest absolute Gasteiger partial charge is 0.241 e. The van der Waals surface area contributed by atoms with Gasteiger partial charge in [-0.2, -0.15) is 4.98 Å². The summed E-state index contributed by atoms with van der Waals surface area (Å²) >= 11 is 0. The van der Waals surface area contributed by atoms with Gasteiger partial charge < -0.3 is 14.0 Å². The van der Waals surface area contributed by atoms with Crippen LogP contribution in [0.3, 0.4) is 0 Å². The summed E-state index contributed by atoms with van der Waals surface area (Å²) in [5.41, 5.74) is 1.72. The Morgan fingerprint density at radius 1 is 1.44 bits per heavy atom. The fourth-order valence-corrected chi connectivity index (χ4v) is 1.60. The second-order valence-electron chi connectivity index (χ2n) is 3.17. The van der Waals surface area contributed by atoms with Gasteiger partial charge >= 0.3 is 0 Å². The predicted octanol–water partition coefficient (Wildman–Crippen LogP) is 0.856. The molecule has 0 saturated carbocycles. The van der Waals surface area contributed by atoms with Crippen LogP contribution in [-0.2, 0) is 11.5 Å². The van der Waals surface area contributed by atoms with E-state index in [-0.39, 0.29) is 0 Å². The molecule has 2 aromatic heterocycles. The Labute approximate surface area is 91.8 Å². The van der Waals surface area contributed by atoms with E-state index in [9.17, 15) is 4.79 Å². The lowest BCUT2D eigenvalue weighted by Crippen LogP contribution is -2.00.